The van der Waals surface area contributed by atoms with Gasteiger partial charge in [0.25, 0.3) is 0 Å². The molecule has 0 aromatic carbocycles. The summed E-state index contributed by atoms with van der Waals surface area (Å²) in [4.78, 5) is 8.03. The van der Waals surface area contributed by atoms with E-state index < -0.39 is 0 Å². The molecule has 0 fully saturated rings. The first-order chi connectivity index (χ1) is 5.27. The third kappa shape index (κ3) is 1.80. The quantitative estimate of drug-likeness (QED) is 0.635. The van der Waals surface area contributed by atoms with Crippen LogP contribution in [0.1, 0.15) is 11.4 Å². The fourth-order valence-corrected chi connectivity index (χ4v) is 0.926. The Labute approximate surface area is 70.4 Å². The number of aryl methyl sites for hydroxylation is 1. The summed E-state index contributed by atoms with van der Waals surface area (Å²) in [6.07, 6.45) is 1.67. The molecule has 0 saturated heterocycles. The molecule has 0 aliphatic carbocycles. The van der Waals surface area contributed by atoms with Crippen LogP contribution in [0.2, 0.25) is 0 Å². The molecule has 0 atom stereocenters. The van der Waals surface area contributed by atoms with Crippen LogP contribution in [-0.2, 0) is 5.88 Å². The van der Waals surface area contributed by atoms with Crippen LogP contribution in [-0.4, -0.2) is 17.1 Å². The molecule has 0 bridgehead atoms. The van der Waals surface area contributed by atoms with Gasteiger partial charge in [-0.25, -0.2) is 4.98 Å². The van der Waals surface area contributed by atoms with Gasteiger partial charge in [0, 0.05) is 11.8 Å². The smallest absolute Gasteiger partial charge is 0.220 e. The van der Waals surface area contributed by atoms with Crippen molar-refractivity contribution in [3.05, 3.63) is 17.6 Å². The summed E-state index contributed by atoms with van der Waals surface area (Å²) in [5, 5.41) is 0. The summed E-state index contributed by atoms with van der Waals surface area (Å²) in [5.41, 5.74) is 0.819. The van der Waals surface area contributed by atoms with Gasteiger partial charge in [-0.1, -0.05) is 0 Å². The lowest BCUT2D eigenvalue weighted by Gasteiger charge is -2.03. The van der Waals surface area contributed by atoms with Gasteiger partial charge in [-0.05, 0) is 6.92 Å². The van der Waals surface area contributed by atoms with Gasteiger partial charge in [-0.3, -0.25) is 0 Å². The zero-order valence-corrected chi connectivity index (χ0v) is 7.22. The number of halogens is 1. The molecule has 1 aromatic rings. The first-order valence-corrected chi connectivity index (χ1v) is 3.74. The zero-order chi connectivity index (χ0) is 8.27. The van der Waals surface area contributed by atoms with Gasteiger partial charge >= 0.3 is 0 Å². The fourth-order valence-electron chi connectivity index (χ4n) is 0.743. The van der Waals surface area contributed by atoms with Crippen molar-refractivity contribution >= 4 is 11.6 Å². The number of hydrogen-bond donors (Lipinski definition) is 0. The Balaban J connectivity index is 3.06. The van der Waals surface area contributed by atoms with Gasteiger partial charge in [0.1, 0.15) is 5.82 Å². The van der Waals surface area contributed by atoms with E-state index in [9.17, 15) is 0 Å². The minimum Gasteiger partial charge on any atom is -0.481 e. The minimum absolute atomic E-state index is 0.378. The highest BCUT2D eigenvalue weighted by atomic mass is 35.5. The lowest BCUT2D eigenvalue weighted by atomic mass is 10.4. The van der Waals surface area contributed by atoms with Crippen LogP contribution < -0.4 is 4.74 Å². The van der Waals surface area contributed by atoms with E-state index in [0.29, 0.717) is 17.6 Å². The number of methoxy groups -OCH3 is 1. The number of aromatic nitrogens is 2. The van der Waals surface area contributed by atoms with E-state index in [1.165, 1.54) is 0 Å². The Kier molecular flexibility index (Phi) is 2.65. The van der Waals surface area contributed by atoms with Crippen LogP contribution in [0.4, 0.5) is 0 Å². The normalized spacial score (nSPS) is 9.73. The summed E-state index contributed by atoms with van der Waals surface area (Å²) in [7, 11) is 1.57. The Morgan fingerprint density at radius 1 is 1.64 bits per heavy atom. The number of ether oxygens (including phenoxy) is 1. The lowest BCUT2D eigenvalue weighted by Crippen LogP contribution is -1.97. The summed E-state index contributed by atoms with van der Waals surface area (Å²) < 4.78 is 4.98. The molecule has 0 unspecified atom stereocenters. The topological polar surface area (TPSA) is 35.0 Å². The predicted molar refractivity (Wildman–Crippen MR) is 42.9 cm³/mol. The Morgan fingerprint density at radius 2 is 2.36 bits per heavy atom. The average Bonchev–Trinajstić information content (AvgIpc) is 2.04. The van der Waals surface area contributed by atoms with Gasteiger partial charge < -0.3 is 4.74 Å². The van der Waals surface area contributed by atoms with Crippen molar-refractivity contribution in [1.82, 2.24) is 9.97 Å². The minimum atomic E-state index is 0.378. The molecule has 3 nitrogen and oxygen atoms in total. The van der Waals surface area contributed by atoms with Crippen LogP contribution in [0.15, 0.2) is 6.20 Å². The molecule has 0 N–H and O–H groups in total. The Morgan fingerprint density at radius 3 is 2.91 bits per heavy atom. The molecular weight excluding hydrogens is 164 g/mol. The molecule has 0 aliphatic heterocycles. The maximum Gasteiger partial charge on any atom is 0.220 e. The molecule has 1 aromatic heterocycles. The maximum atomic E-state index is 5.60. The lowest BCUT2D eigenvalue weighted by molar-refractivity contribution is 0.391. The highest BCUT2D eigenvalue weighted by Crippen LogP contribution is 2.15. The predicted octanol–water partition coefficient (Wildman–Crippen LogP) is 1.53. The van der Waals surface area contributed by atoms with Gasteiger partial charge in [-0.2, -0.15) is 4.98 Å². The van der Waals surface area contributed by atoms with E-state index in [2.05, 4.69) is 9.97 Å². The molecule has 60 valence electrons. The standard InChI is InChI=1S/C7H9ClN2O/c1-5-9-4-6(3-8)7(10-5)11-2/h4H,3H2,1-2H3. The van der Waals surface area contributed by atoms with Crippen LogP contribution in [0.25, 0.3) is 0 Å². The SMILES string of the molecule is COc1nc(C)ncc1CCl. The monoisotopic (exact) mass is 172 g/mol. The summed E-state index contributed by atoms with van der Waals surface area (Å²) in [6.45, 7) is 1.81. The van der Waals surface area contributed by atoms with E-state index in [-0.39, 0.29) is 0 Å². The summed E-state index contributed by atoms with van der Waals surface area (Å²) in [6, 6.07) is 0. The largest absolute Gasteiger partial charge is 0.481 e. The average molecular weight is 173 g/mol. The molecule has 11 heavy (non-hydrogen) atoms. The fraction of sp³-hybridized carbons (Fsp3) is 0.429. The zero-order valence-electron chi connectivity index (χ0n) is 6.47. The second-order valence-corrected chi connectivity index (χ2v) is 2.35. The van der Waals surface area contributed by atoms with Crippen molar-refractivity contribution in [2.24, 2.45) is 0 Å². The molecule has 1 rings (SSSR count). The van der Waals surface area contributed by atoms with Crippen molar-refractivity contribution in [1.29, 1.82) is 0 Å². The van der Waals surface area contributed by atoms with Gasteiger partial charge in [-0.15, -0.1) is 11.6 Å². The van der Waals surface area contributed by atoms with Crippen LogP contribution in [0.5, 0.6) is 5.88 Å². The van der Waals surface area contributed by atoms with Crippen molar-refractivity contribution < 1.29 is 4.74 Å². The number of alkyl halides is 1. The Bertz CT molecular complexity index is 252. The van der Waals surface area contributed by atoms with Crippen LogP contribution in [0.3, 0.4) is 0 Å². The van der Waals surface area contributed by atoms with E-state index >= 15 is 0 Å². The molecule has 1 heterocycles. The van der Waals surface area contributed by atoms with Gasteiger partial charge in [0.2, 0.25) is 5.88 Å². The van der Waals surface area contributed by atoms with Crippen LogP contribution in [0, 0.1) is 6.92 Å². The molecule has 0 radical (unpaired) electrons. The van der Waals surface area contributed by atoms with E-state index in [1.54, 1.807) is 20.2 Å². The first-order valence-electron chi connectivity index (χ1n) is 3.20. The van der Waals surface area contributed by atoms with Crippen molar-refractivity contribution in [3.63, 3.8) is 0 Å². The van der Waals surface area contributed by atoms with E-state index in [1.807, 2.05) is 0 Å². The number of hydrogen-bond acceptors (Lipinski definition) is 3. The third-order valence-corrected chi connectivity index (χ3v) is 1.57. The van der Waals surface area contributed by atoms with Crippen molar-refractivity contribution in [3.8, 4) is 5.88 Å². The molecule has 0 aliphatic rings. The second kappa shape index (κ2) is 3.53. The van der Waals surface area contributed by atoms with E-state index in [0.717, 1.165) is 5.56 Å². The Hall–Kier alpha value is -0.830. The third-order valence-electron chi connectivity index (χ3n) is 1.28. The van der Waals surface area contributed by atoms with Gasteiger partial charge in [0.15, 0.2) is 0 Å². The molecule has 4 heteroatoms. The van der Waals surface area contributed by atoms with Crippen LogP contribution >= 0.6 is 11.6 Å². The second-order valence-electron chi connectivity index (χ2n) is 2.09. The number of rotatable bonds is 2. The highest BCUT2D eigenvalue weighted by molar-refractivity contribution is 6.17. The summed E-state index contributed by atoms with van der Waals surface area (Å²) >= 11 is 5.60. The summed E-state index contributed by atoms with van der Waals surface area (Å²) in [5.74, 6) is 1.63. The van der Waals surface area contributed by atoms with Crippen molar-refractivity contribution in [2.75, 3.05) is 7.11 Å². The van der Waals surface area contributed by atoms with Gasteiger partial charge in [0.05, 0.1) is 13.0 Å². The first kappa shape index (κ1) is 8.27. The number of nitrogens with zero attached hydrogens (tertiary/aromatic N) is 2. The molecule has 0 amide bonds. The molecular formula is C7H9ClN2O. The molecule has 0 spiro atoms. The highest BCUT2D eigenvalue weighted by Gasteiger charge is 2.02. The molecule has 0 saturated carbocycles. The maximum absolute atomic E-state index is 5.60. The van der Waals surface area contributed by atoms with Crippen molar-refractivity contribution in [2.45, 2.75) is 12.8 Å². The van der Waals surface area contributed by atoms with E-state index in [4.69, 9.17) is 16.3 Å².